The van der Waals surface area contributed by atoms with Crippen molar-refractivity contribution < 1.29 is 5.11 Å². The Bertz CT molecular complexity index is 397. The van der Waals surface area contributed by atoms with Gasteiger partial charge in [0.15, 0.2) is 5.82 Å². The molecule has 15 heavy (non-hydrogen) atoms. The Morgan fingerprint density at radius 2 is 2.20 bits per heavy atom. The number of rotatable bonds is 3. The number of aliphatic imine (C=N–C) groups is 2. The van der Waals surface area contributed by atoms with Crippen LogP contribution < -0.4 is 0 Å². The Morgan fingerprint density at radius 3 is 2.67 bits per heavy atom. The molecule has 1 aromatic rings. The maximum absolute atomic E-state index is 9.71. The lowest BCUT2D eigenvalue weighted by atomic mass is 10.1. The second-order valence-corrected chi connectivity index (χ2v) is 3.44. The summed E-state index contributed by atoms with van der Waals surface area (Å²) >= 11 is 0. The predicted octanol–water partition coefficient (Wildman–Crippen LogP) is 2.96. The highest BCUT2D eigenvalue weighted by Gasteiger charge is 2.12. The van der Waals surface area contributed by atoms with E-state index in [1.165, 1.54) is 0 Å². The molecule has 0 aromatic carbocycles. The Morgan fingerprint density at radius 1 is 1.53 bits per heavy atom. The summed E-state index contributed by atoms with van der Waals surface area (Å²) in [5.74, 6) is 0.748. The SMILES string of the molecule is C=Nc1nc(C(C)C)c(O)cc1N=CC. The molecule has 1 N–H and O–H groups in total. The molecule has 0 saturated heterocycles. The van der Waals surface area contributed by atoms with Crippen LogP contribution in [0.2, 0.25) is 0 Å². The molecule has 0 bridgehead atoms. The molecular weight excluding hydrogens is 190 g/mol. The molecule has 4 nitrogen and oxygen atoms in total. The molecule has 0 atom stereocenters. The molecule has 0 spiro atoms. The van der Waals surface area contributed by atoms with Crippen LogP contribution in [-0.2, 0) is 0 Å². The second kappa shape index (κ2) is 4.68. The van der Waals surface area contributed by atoms with Gasteiger partial charge in [0.05, 0.1) is 5.69 Å². The lowest BCUT2D eigenvalue weighted by molar-refractivity contribution is 0.460. The van der Waals surface area contributed by atoms with Crippen molar-refractivity contribution >= 4 is 24.4 Å². The van der Waals surface area contributed by atoms with Gasteiger partial charge in [0, 0.05) is 12.3 Å². The number of hydrogen-bond donors (Lipinski definition) is 1. The van der Waals surface area contributed by atoms with Crippen molar-refractivity contribution in [3.63, 3.8) is 0 Å². The van der Waals surface area contributed by atoms with E-state index in [9.17, 15) is 5.11 Å². The highest BCUT2D eigenvalue weighted by molar-refractivity contribution is 5.69. The third-order valence-corrected chi connectivity index (χ3v) is 1.96. The number of nitrogens with zero attached hydrogens (tertiary/aromatic N) is 3. The largest absolute Gasteiger partial charge is 0.506 e. The molecule has 1 heterocycles. The van der Waals surface area contributed by atoms with Crippen LogP contribution in [-0.4, -0.2) is 23.0 Å². The zero-order chi connectivity index (χ0) is 11.4. The molecule has 0 aliphatic carbocycles. The van der Waals surface area contributed by atoms with Gasteiger partial charge in [0.2, 0.25) is 0 Å². The predicted molar refractivity (Wildman–Crippen MR) is 63.0 cm³/mol. The van der Waals surface area contributed by atoms with Crippen LogP contribution in [0.1, 0.15) is 32.4 Å². The Labute approximate surface area is 89.4 Å². The third kappa shape index (κ3) is 2.40. The average Bonchev–Trinajstić information content (AvgIpc) is 2.18. The molecule has 0 saturated carbocycles. The van der Waals surface area contributed by atoms with Gasteiger partial charge in [-0.05, 0) is 19.6 Å². The van der Waals surface area contributed by atoms with Gasteiger partial charge in [-0.15, -0.1) is 0 Å². The molecule has 0 fully saturated rings. The van der Waals surface area contributed by atoms with Gasteiger partial charge in [-0.3, -0.25) is 4.99 Å². The summed E-state index contributed by atoms with van der Waals surface area (Å²) in [7, 11) is 0. The Balaban J connectivity index is 3.35. The molecule has 1 aromatic heterocycles. The topological polar surface area (TPSA) is 57.8 Å². The first kappa shape index (κ1) is 11.4. The molecule has 0 radical (unpaired) electrons. The number of aromatic hydroxyl groups is 1. The van der Waals surface area contributed by atoms with E-state index in [1.807, 2.05) is 13.8 Å². The second-order valence-electron chi connectivity index (χ2n) is 3.44. The molecule has 0 aliphatic heterocycles. The number of hydrogen-bond acceptors (Lipinski definition) is 4. The fraction of sp³-hybridized carbons (Fsp3) is 0.364. The molecule has 0 unspecified atom stereocenters. The minimum Gasteiger partial charge on any atom is -0.506 e. The minimum atomic E-state index is 0.144. The van der Waals surface area contributed by atoms with Crippen molar-refractivity contribution in [2.45, 2.75) is 26.7 Å². The molecule has 1 rings (SSSR count). The fourth-order valence-corrected chi connectivity index (χ4v) is 1.27. The van der Waals surface area contributed by atoms with Gasteiger partial charge in [-0.2, -0.15) is 0 Å². The van der Waals surface area contributed by atoms with Gasteiger partial charge < -0.3 is 5.11 Å². The van der Waals surface area contributed by atoms with Gasteiger partial charge in [-0.25, -0.2) is 9.98 Å². The van der Waals surface area contributed by atoms with E-state index in [1.54, 1.807) is 19.2 Å². The van der Waals surface area contributed by atoms with Crippen LogP contribution in [0, 0.1) is 0 Å². The molecule has 0 aliphatic rings. The van der Waals surface area contributed by atoms with E-state index in [0.717, 1.165) is 0 Å². The highest BCUT2D eigenvalue weighted by atomic mass is 16.3. The summed E-state index contributed by atoms with van der Waals surface area (Å²) in [4.78, 5) is 12.1. The summed E-state index contributed by atoms with van der Waals surface area (Å²) in [6.07, 6.45) is 1.63. The van der Waals surface area contributed by atoms with Crippen molar-refractivity contribution in [2.24, 2.45) is 9.98 Å². The summed E-state index contributed by atoms with van der Waals surface area (Å²) in [5, 5.41) is 9.71. The first-order valence-corrected chi connectivity index (χ1v) is 4.79. The maximum atomic E-state index is 9.71. The van der Waals surface area contributed by atoms with Crippen LogP contribution in [0.15, 0.2) is 16.1 Å². The van der Waals surface area contributed by atoms with Gasteiger partial charge in [0.1, 0.15) is 11.4 Å². The first-order chi connectivity index (χ1) is 7.10. The van der Waals surface area contributed by atoms with Crippen LogP contribution in [0.25, 0.3) is 0 Å². The molecular formula is C11H15N3O. The van der Waals surface area contributed by atoms with E-state index in [-0.39, 0.29) is 11.7 Å². The summed E-state index contributed by atoms with van der Waals surface area (Å²) in [6.45, 7) is 9.14. The Hall–Kier alpha value is -1.71. The van der Waals surface area contributed by atoms with Crippen molar-refractivity contribution in [1.82, 2.24) is 4.98 Å². The molecule has 0 amide bonds. The number of aromatic nitrogens is 1. The van der Waals surface area contributed by atoms with Gasteiger partial charge in [0.25, 0.3) is 0 Å². The van der Waals surface area contributed by atoms with E-state index in [4.69, 9.17) is 0 Å². The lowest BCUT2D eigenvalue weighted by Crippen LogP contribution is -1.93. The Kier molecular flexibility index (Phi) is 3.55. The van der Waals surface area contributed by atoms with Crippen molar-refractivity contribution in [3.05, 3.63) is 11.8 Å². The lowest BCUT2D eigenvalue weighted by Gasteiger charge is -2.09. The average molecular weight is 205 g/mol. The van der Waals surface area contributed by atoms with E-state index >= 15 is 0 Å². The van der Waals surface area contributed by atoms with Gasteiger partial charge >= 0.3 is 0 Å². The summed E-state index contributed by atoms with van der Waals surface area (Å²) < 4.78 is 0. The van der Waals surface area contributed by atoms with E-state index in [0.29, 0.717) is 17.2 Å². The smallest absolute Gasteiger partial charge is 0.178 e. The van der Waals surface area contributed by atoms with Crippen LogP contribution in [0.5, 0.6) is 5.75 Å². The van der Waals surface area contributed by atoms with Crippen LogP contribution >= 0.6 is 0 Å². The maximum Gasteiger partial charge on any atom is 0.178 e. The van der Waals surface area contributed by atoms with Crippen molar-refractivity contribution in [2.75, 3.05) is 0 Å². The normalized spacial score (nSPS) is 11.2. The summed E-state index contributed by atoms with van der Waals surface area (Å²) in [5.41, 5.74) is 1.15. The van der Waals surface area contributed by atoms with Crippen molar-refractivity contribution in [3.8, 4) is 5.75 Å². The standard InChI is InChI=1S/C11H15N3O/c1-5-13-8-6-9(15)10(7(2)3)14-11(8)12-4/h5-7,15H,4H2,1-3H3. The van der Waals surface area contributed by atoms with Crippen LogP contribution in [0.3, 0.4) is 0 Å². The van der Waals surface area contributed by atoms with E-state index in [2.05, 4.69) is 21.7 Å². The quantitative estimate of drug-likeness (QED) is 0.771. The fourth-order valence-electron chi connectivity index (χ4n) is 1.27. The number of pyridine rings is 1. The van der Waals surface area contributed by atoms with Crippen molar-refractivity contribution in [1.29, 1.82) is 0 Å². The first-order valence-electron chi connectivity index (χ1n) is 4.79. The summed E-state index contributed by atoms with van der Waals surface area (Å²) in [6, 6.07) is 1.56. The van der Waals surface area contributed by atoms with E-state index < -0.39 is 0 Å². The third-order valence-electron chi connectivity index (χ3n) is 1.96. The monoisotopic (exact) mass is 205 g/mol. The van der Waals surface area contributed by atoms with Crippen LogP contribution in [0.4, 0.5) is 11.5 Å². The zero-order valence-corrected chi connectivity index (χ0v) is 9.23. The molecule has 4 heteroatoms. The minimum absolute atomic E-state index is 0.144. The zero-order valence-electron chi connectivity index (χ0n) is 9.23. The molecule has 80 valence electrons. The highest BCUT2D eigenvalue weighted by Crippen LogP contribution is 2.34. The van der Waals surface area contributed by atoms with Gasteiger partial charge in [-0.1, -0.05) is 13.8 Å².